The molecule has 5 nitrogen and oxygen atoms in total. The molecule has 2 aromatic carbocycles. The van der Waals surface area contributed by atoms with Crippen LogP contribution in [0.5, 0.6) is 0 Å². The third kappa shape index (κ3) is 4.54. The van der Waals surface area contributed by atoms with E-state index in [4.69, 9.17) is 0 Å². The third-order valence-corrected chi connectivity index (χ3v) is 5.15. The largest absolute Gasteiger partial charge is 0.325 e. The monoisotopic (exact) mass is 384 g/mol. The molecule has 0 aliphatic carbocycles. The Kier molecular flexibility index (Phi) is 5.91. The highest BCUT2D eigenvalue weighted by atomic mass is 32.2. The van der Waals surface area contributed by atoms with E-state index in [9.17, 15) is 9.18 Å². The number of amides is 1. The number of hydrogen-bond acceptors (Lipinski definition) is 4. The summed E-state index contributed by atoms with van der Waals surface area (Å²) in [6.07, 6.45) is 0. The van der Waals surface area contributed by atoms with Gasteiger partial charge in [-0.15, -0.1) is 10.2 Å². The molecule has 3 rings (SSSR count). The molecule has 140 valence electrons. The number of anilines is 1. The van der Waals surface area contributed by atoms with Crippen LogP contribution in [0, 0.1) is 5.82 Å². The third-order valence-electron chi connectivity index (χ3n) is 4.13. The molecule has 1 amide bonds. The number of thioether (sulfide) groups is 1. The maximum Gasteiger partial charge on any atom is 0.234 e. The van der Waals surface area contributed by atoms with E-state index >= 15 is 0 Å². The van der Waals surface area contributed by atoms with Crippen molar-refractivity contribution in [2.75, 3.05) is 11.1 Å². The summed E-state index contributed by atoms with van der Waals surface area (Å²) in [7, 11) is 1.83. The number of halogens is 1. The van der Waals surface area contributed by atoms with Crippen molar-refractivity contribution in [3.8, 4) is 11.4 Å². The predicted octanol–water partition coefficient (Wildman–Crippen LogP) is 4.48. The molecule has 1 heterocycles. The van der Waals surface area contributed by atoms with Gasteiger partial charge in [-0.05, 0) is 41.8 Å². The molecular formula is C20H21FN4OS. The summed E-state index contributed by atoms with van der Waals surface area (Å²) in [4.78, 5) is 12.4. The van der Waals surface area contributed by atoms with Gasteiger partial charge in [-0.1, -0.05) is 43.8 Å². The number of carbonyl (C=O) groups excluding carboxylic acids is 1. The fourth-order valence-corrected chi connectivity index (χ4v) is 3.43. The van der Waals surface area contributed by atoms with Gasteiger partial charge in [0.05, 0.1) is 5.75 Å². The molecule has 0 saturated heterocycles. The minimum absolute atomic E-state index is 0.0977. The summed E-state index contributed by atoms with van der Waals surface area (Å²) in [6.45, 7) is 4.19. The second kappa shape index (κ2) is 8.35. The van der Waals surface area contributed by atoms with Crippen LogP contribution in [0.3, 0.4) is 0 Å². The topological polar surface area (TPSA) is 59.8 Å². The van der Waals surface area contributed by atoms with Gasteiger partial charge >= 0.3 is 0 Å². The minimum Gasteiger partial charge on any atom is -0.325 e. The second-order valence-corrected chi connectivity index (χ2v) is 7.39. The number of hydrogen-bond donors (Lipinski definition) is 1. The van der Waals surface area contributed by atoms with Gasteiger partial charge in [0, 0.05) is 18.3 Å². The fourth-order valence-electron chi connectivity index (χ4n) is 2.72. The molecule has 0 unspecified atom stereocenters. The normalized spacial score (nSPS) is 11.0. The van der Waals surface area contributed by atoms with Gasteiger partial charge in [-0.2, -0.15) is 0 Å². The lowest BCUT2D eigenvalue weighted by atomic mass is 10.0. The first-order valence-electron chi connectivity index (χ1n) is 8.62. The smallest absolute Gasteiger partial charge is 0.234 e. The van der Waals surface area contributed by atoms with Crippen molar-refractivity contribution in [3.63, 3.8) is 0 Å². The minimum atomic E-state index is -0.297. The van der Waals surface area contributed by atoms with Crippen LogP contribution in [0.15, 0.2) is 53.7 Å². The molecule has 0 aliphatic heterocycles. The Bertz CT molecular complexity index is 937. The Morgan fingerprint density at radius 3 is 2.56 bits per heavy atom. The number of aromatic nitrogens is 3. The number of para-hydroxylation sites is 1. The zero-order chi connectivity index (χ0) is 19.4. The maximum atomic E-state index is 13.1. The molecule has 1 aromatic heterocycles. The quantitative estimate of drug-likeness (QED) is 0.637. The summed E-state index contributed by atoms with van der Waals surface area (Å²) >= 11 is 1.31. The molecule has 0 bridgehead atoms. The van der Waals surface area contributed by atoms with Crippen molar-refractivity contribution in [2.24, 2.45) is 7.05 Å². The van der Waals surface area contributed by atoms with Crippen LogP contribution >= 0.6 is 11.8 Å². The summed E-state index contributed by atoms with van der Waals surface area (Å²) < 4.78 is 14.9. The van der Waals surface area contributed by atoms with E-state index in [1.54, 1.807) is 16.7 Å². The molecule has 0 aliphatic rings. The highest BCUT2D eigenvalue weighted by molar-refractivity contribution is 7.99. The van der Waals surface area contributed by atoms with Gasteiger partial charge < -0.3 is 9.88 Å². The Morgan fingerprint density at radius 1 is 1.15 bits per heavy atom. The van der Waals surface area contributed by atoms with Gasteiger partial charge in [0.25, 0.3) is 0 Å². The molecule has 27 heavy (non-hydrogen) atoms. The van der Waals surface area contributed by atoms with E-state index in [0.717, 1.165) is 16.8 Å². The summed E-state index contributed by atoms with van der Waals surface area (Å²) in [5.74, 6) is 0.782. The molecule has 1 N–H and O–H groups in total. The Labute approximate surface area is 162 Å². The van der Waals surface area contributed by atoms with E-state index in [2.05, 4.69) is 29.4 Å². The van der Waals surface area contributed by atoms with Crippen molar-refractivity contribution in [3.05, 3.63) is 59.9 Å². The number of nitrogens with zero attached hydrogens (tertiary/aromatic N) is 3. The number of benzene rings is 2. The van der Waals surface area contributed by atoms with Crippen molar-refractivity contribution in [1.82, 2.24) is 14.8 Å². The molecule has 7 heteroatoms. The second-order valence-electron chi connectivity index (χ2n) is 6.45. The Hall–Kier alpha value is -2.67. The van der Waals surface area contributed by atoms with Crippen LogP contribution in [0.4, 0.5) is 10.1 Å². The van der Waals surface area contributed by atoms with Gasteiger partial charge in [-0.3, -0.25) is 4.79 Å². The molecular weight excluding hydrogens is 363 g/mol. The van der Waals surface area contributed by atoms with Crippen LogP contribution < -0.4 is 5.32 Å². The summed E-state index contributed by atoms with van der Waals surface area (Å²) in [5.41, 5.74) is 2.71. The Balaban J connectivity index is 1.65. The number of carbonyl (C=O) groups is 1. The SMILES string of the molecule is CC(C)c1ccccc1NC(=O)CSc1nnc(-c2ccc(F)cc2)n1C. The molecule has 0 fully saturated rings. The molecule has 0 spiro atoms. The summed E-state index contributed by atoms with van der Waals surface area (Å²) in [6, 6.07) is 13.9. The van der Waals surface area contributed by atoms with E-state index < -0.39 is 0 Å². The van der Waals surface area contributed by atoms with Crippen LogP contribution in [0.25, 0.3) is 11.4 Å². The zero-order valence-electron chi connectivity index (χ0n) is 15.4. The summed E-state index contributed by atoms with van der Waals surface area (Å²) in [5, 5.41) is 11.9. The van der Waals surface area contributed by atoms with Crippen LogP contribution in [-0.4, -0.2) is 26.4 Å². The lowest BCUT2D eigenvalue weighted by Crippen LogP contribution is -2.16. The number of nitrogens with one attached hydrogen (secondary N) is 1. The van der Waals surface area contributed by atoms with Crippen molar-refractivity contribution in [2.45, 2.75) is 24.9 Å². The first kappa shape index (κ1) is 19.1. The van der Waals surface area contributed by atoms with E-state index in [1.807, 2.05) is 31.3 Å². The Morgan fingerprint density at radius 2 is 1.85 bits per heavy atom. The van der Waals surface area contributed by atoms with Crippen LogP contribution in [0.2, 0.25) is 0 Å². The lowest BCUT2D eigenvalue weighted by molar-refractivity contribution is -0.113. The lowest BCUT2D eigenvalue weighted by Gasteiger charge is -2.13. The average Bonchev–Trinajstić information content (AvgIpc) is 3.01. The van der Waals surface area contributed by atoms with Crippen molar-refractivity contribution < 1.29 is 9.18 Å². The van der Waals surface area contributed by atoms with Crippen LogP contribution in [0.1, 0.15) is 25.3 Å². The van der Waals surface area contributed by atoms with E-state index in [-0.39, 0.29) is 17.5 Å². The van der Waals surface area contributed by atoms with Gasteiger partial charge in [-0.25, -0.2) is 4.39 Å². The number of rotatable bonds is 6. The molecule has 3 aromatic rings. The standard InChI is InChI=1S/C20H21FN4OS/c1-13(2)16-6-4-5-7-17(16)22-18(26)12-27-20-24-23-19(25(20)3)14-8-10-15(21)11-9-14/h4-11,13H,12H2,1-3H3,(H,22,26). The molecule has 0 radical (unpaired) electrons. The van der Waals surface area contributed by atoms with Crippen molar-refractivity contribution in [1.29, 1.82) is 0 Å². The predicted molar refractivity (Wildman–Crippen MR) is 106 cm³/mol. The van der Waals surface area contributed by atoms with Gasteiger partial charge in [0.2, 0.25) is 5.91 Å². The first-order valence-corrected chi connectivity index (χ1v) is 9.61. The first-order chi connectivity index (χ1) is 13.0. The van der Waals surface area contributed by atoms with E-state index in [0.29, 0.717) is 16.9 Å². The van der Waals surface area contributed by atoms with Crippen molar-refractivity contribution >= 4 is 23.4 Å². The molecule has 0 atom stereocenters. The zero-order valence-corrected chi connectivity index (χ0v) is 16.3. The highest BCUT2D eigenvalue weighted by Gasteiger charge is 2.14. The average molecular weight is 384 g/mol. The highest BCUT2D eigenvalue weighted by Crippen LogP contribution is 2.25. The van der Waals surface area contributed by atoms with Gasteiger partial charge in [0.1, 0.15) is 5.82 Å². The maximum absolute atomic E-state index is 13.1. The fraction of sp³-hybridized carbons (Fsp3) is 0.250. The van der Waals surface area contributed by atoms with Crippen LogP contribution in [-0.2, 0) is 11.8 Å². The van der Waals surface area contributed by atoms with E-state index in [1.165, 1.54) is 23.9 Å². The van der Waals surface area contributed by atoms with Gasteiger partial charge in [0.15, 0.2) is 11.0 Å². The molecule has 0 saturated carbocycles.